The van der Waals surface area contributed by atoms with E-state index in [2.05, 4.69) is 31.4 Å². The van der Waals surface area contributed by atoms with Gasteiger partial charge in [0, 0.05) is 31.3 Å². The van der Waals surface area contributed by atoms with Crippen LogP contribution in [0, 0.1) is 5.82 Å². The van der Waals surface area contributed by atoms with E-state index in [-0.39, 0.29) is 25.7 Å². The van der Waals surface area contributed by atoms with Crippen molar-refractivity contribution >= 4 is 85.9 Å². The summed E-state index contributed by atoms with van der Waals surface area (Å²) in [5.74, 6) is 0.708. The van der Waals surface area contributed by atoms with E-state index in [1.54, 1.807) is 72.8 Å². The first-order chi connectivity index (χ1) is 25.6. The lowest BCUT2D eigenvalue weighted by Crippen LogP contribution is -2.28. The Hall–Kier alpha value is -5.08. The number of hydrogen-bond donors (Lipinski definition) is 1. The van der Waals surface area contributed by atoms with Crippen molar-refractivity contribution in [2.75, 3.05) is 19.0 Å². The van der Waals surface area contributed by atoms with Crippen LogP contribution in [0.4, 0.5) is 10.1 Å². The van der Waals surface area contributed by atoms with Gasteiger partial charge in [0.1, 0.15) is 23.9 Å². The summed E-state index contributed by atoms with van der Waals surface area (Å²) in [6.07, 6.45) is 4.72. The fourth-order valence-electron chi connectivity index (χ4n) is 4.88. The summed E-state index contributed by atoms with van der Waals surface area (Å²) in [5.41, 5.74) is 2.41. The third-order valence-corrected chi connectivity index (χ3v) is 9.54. The molecule has 15 heteroatoms. The molecule has 1 fully saturated rings. The molecule has 0 atom stereocenters. The first-order valence-corrected chi connectivity index (χ1v) is 18.1. The van der Waals surface area contributed by atoms with Gasteiger partial charge in [-0.3, -0.25) is 14.5 Å². The van der Waals surface area contributed by atoms with Crippen LogP contribution in [0.1, 0.15) is 22.5 Å². The third-order valence-electron chi connectivity index (χ3n) is 7.46. The molecule has 4 aromatic carbocycles. The van der Waals surface area contributed by atoms with Crippen LogP contribution < -0.4 is 19.5 Å². The second-order valence-corrected chi connectivity index (χ2v) is 13.9. The van der Waals surface area contributed by atoms with E-state index in [0.717, 1.165) is 21.8 Å². The molecule has 0 aliphatic carbocycles. The summed E-state index contributed by atoms with van der Waals surface area (Å²) < 4.78 is 36.8. The fourth-order valence-corrected chi connectivity index (χ4v) is 6.65. The molecule has 1 N–H and O–H groups in total. The van der Waals surface area contributed by atoms with Crippen LogP contribution in [0.25, 0.3) is 6.08 Å². The summed E-state index contributed by atoms with van der Waals surface area (Å²) in [7, 11) is 1.53. The van der Waals surface area contributed by atoms with E-state index in [1.807, 2.05) is 0 Å². The smallest absolute Gasteiger partial charge is 0.267 e. The highest BCUT2D eigenvalue weighted by molar-refractivity contribution is 9.10. The zero-order chi connectivity index (χ0) is 37.3. The number of ether oxygens (including phenoxy) is 3. The predicted octanol–water partition coefficient (Wildman–Crippen LogP) is 9.60. The zero-order valence-corrected chi connectivity index (χ0v) is 31.6. The van der Waals surface area contributed by atoms with Crippen molar-refractivity contribution in [1.29, 1.82) is 0 Å². The highest BCUT2D eigenvalue weighted by atomic mass is 79.9. The third kappa shape index (κ3) is 10.1. The molecule has 0 bridgehead atoms. The van der Waals surface area contributed by atoms with Crippen molar-refractivity contribution in [1.82, 2.24) is 4.90 Å². The van der Waals surface area contributed by atoms with E-state index >= 15 is 0 Å². The highest BCUT2D eigenvalue weighted by Crippen LogP contribution is 2.36. The van der Waals surface area contributed by atoms with Crippen LogP contribution in [-0.2, 0) is 22.7 Å². The molecule has 53 heavy (non-hydrogen) atoms. The number of amidine groups is 1. The molecule has 0 saturated carbocycles. The lowest BCUT2D eigenvalue weighted by molar-refractivity contribution is -0.122. The average Bonchev–Trinajstić information content (AvgIpc) is 3.76. The lowest BCUT2D eigenvalue weighted by atomic mass is 10.2. The monoisotopic (exact) mass is 836 g/mol. The highest BCUT2D eigenvalue weighted by Gasteiger charge is 2.34. The van der Waals surface area contributed by atoms with Gasteiger partial charge in [0.15, 0.2) is 23.3 Å². The molecular weight excluding hydrogens is 810 g/mol. The van der Waals surface area contributed by atoms with Crippen molar-refractivity contribution in [3.05, 3.63) is 145 Å². The topological polar surface area (TPSA) is 115 Å². The Balaban J connectivity index is 1.19. The minimum atomic E-state index is -0.441. The molecular formula is C38H28BrCl2FN4O6S. The van der Waals surface area contributed by atoms with Gasteiger partial charge in [0.2, 0.25) is 0 Å². The Labute approximate surface area is 326 Å². The number of methoxy groups -OCH3 is 1. The molecule has 270 valence electrons. The quantitative estimate of drug-likeness (QED) is 0.0714. The van der Waals surface area contributed by atoms with E-state index < -0.39 is 11.7 Å². The summed E-state index contributed by atoms with van der Waals surface area (Å²) in [6.45, 7) is 0.00475. The van der Waals surface area contributed by atoms with Gasteiger partial charge in [-0.2, -0.15) is 5.10 Å². The Kier molecular flexibility index (Phi) is 12.5. The second kappa shape index (κ2) is 17.6. The van der Waals surface area contributed by atoms with Crippen LogP contribution >= 0.6 is 50.9 Å². The van der Waals surface area contributed by atoms with Crippen LogP contribution in [-0.4, -0.2) is 41.8 Å². The SMILES string of the molecule is COc1cc(/C=N/N=C2\S/C(=C\c3cc(Br)ccc3OCC(=O)Nc3ccc(F)cc3)C(=O)N2Cc2ccco2)ccc1OCc1ccc(Cl)cc1Cl. The number of hydrogen-bond acceptors (Lipinski definition) is 9. The molecule has 1 aromatic heterocycles. The van der Waals surface area contributed by atoms with Crippen LogP contribution in [0.15, 0.2) is 121 Å². The van der Waals surface area contributed by atoms with Crippen LogP contribution in [0.3, 0.4) is 0 Å². The Morgan fingerprint density at radius 1 is 1.00 bits per heavy atom. The molecule has 2 heterocycles. The van der Waals surface area contributed by atoms with Crippen molar-refractivity contribution in [2.24, 2.45) is 10.2 Å². The van der Waals surface area contributed by atoms with E-state index in [1.165, 1.54) is 48.8 Å². The molecule has 1 aliphatic rings. The molecule has 1 aliphatic heterocycles. The van der Waals surface area contributed by atoms with Gasteiger partial charge in [-0.15, -0.1) is 5.10 Å². The van der Waals surface area contributed by atoms with Gasteiger partial charge >= 0.3 is 0 Å². The Morgan fingerprint density at radius 2 is 1.81 bits per heavy atom. The number of benzene rings is 4. The van der Waals surface area contributed by atoms with Crippen molar-refractivity contribution in [3.63, 3.8) is 0 Å². The van der Waals surface area contributed by atoms with Gasteiger partial charge in [-0.05, 0) is 108 Å². The maximum atomic E-state index is 13.8. The fraction of sp³-hybridized carbons (Fsp3) is 0.105. The predicted molar refractivity (Wildman–Crippen MR) is 208 cm³/mol. The van der Waals surface area contributed by atoms with E-state index in [0.29, 0.717) is 59.9 Å². The largest absolute Gasteiger partial charge is 0.493 e. The number of carbonyl (C=O) groups is 2. The molecule has 10 nitrogen and oxygen atoms in total. The number of rotatable bonds is 13. The summed E-state index contributed by atoms with van der Waals surface area (Å²) in [5, 5.41) is 12.7. The van der Waals surface area contributed by atoms with Crippen molar-refractivity contribution < 1.29 is 32.6 Å². The number of anilines is 1. The normalized spacial score (nSPS) is 14.4. The second-order valence-electron chi connectivity index (χ2n) is 11.2. The minimum Gasteiger partial charge on any atom is -0.493 e. The van der Waals surface area contributed by atoms with Gasteiger partial charge < -0.3 is 23.9 Å². The number of nitrogens with one attached hydrogen (secondary N) is 1. The molecule has 6 rings (SSSR count). The lowest BCUT2D eigenvalue weighted by Gasteiger charge is -2.13. The summed E-state index contributed by atoms with van der Waals surface area (Å²) in [6, 6.07) is 24.6. The summed E-state index contributed by atoms with van der Waals surface area (Å²) in [4.78, 5) is 28.1. The van der Waals surface area contributed by atoms with Gasteiger partial charge in [-0.1, -0.05) is 45.2 Å². The molecule has 1 saturated heterocycles. The standard InChI is InChI=1S/C38H28BrCl2FN4O6S/c1-49-34-15-23(4-12-33(34)51-21-24-5-7-27(40)18-31(24)41)19-43-45-38-46(20-30-3-2-14-50-30)37(48)35(53-38)17-25-16-26(39)6-13-32(25)52-22-36(47)44-29-10-8-28(42)9-11-29/h2-19H,20-22H2,1H3,(H,44,47)/b35-17-,43-19+,45-38-. The average molecular weight is 839 g/mol. The minimum absolute atomic E-state index is 0.118. The number of carbonyl (C=O) groups excluding carboxylic acids is 2. The van der Waals surface area contributed by atoms with E-state index in [9.17, 15) is 14.0 Å². The van der Waals surface area contributed by atoms with Gasteiger partial charge in [0.25, 0.3) is 11.8 Å². The molecule has 2 amide bonds. The number of thioether (sulfide) groups is 1. The zero-order valence-electron chi connectivity index (χ0n) is 27.7. The van der Waals surface area contributed by atoms with Crippen molar-refractivity contribution in [2.45, 2.75) is 13.2 Å². The molecule has 5 aromatic rings. The van der Waals surface area contributed by atoms with Gasteiger partial charge in [0.05, 0.1) is 31.0 Å². The van der Waals surface area contributed by atoms with Crippen LogP contribution in [0.2, 0.25) is 10.0 Å². The Bertz CT molecular complexity index is 2220. The van der Waals surface area contributed by atoms with E-state index in [4.69, 9.17) is 41.8 Å². The number of amides is 2. The van der Waals surface area contributed by atoms with Crippen molar-refractivity contribution in [3.8, 4) is 17.2 Å². The molecule has 0 spiro atoms. The Morgan fingerprint density at radius 3 is 2.57 bits per heavy atom. The maximum absolute atomic E-state index is 13.8. The number of furan rings is 1. The first-order valence-electron chi connectivity index (χ1n) is 15.7. The van der Waals surface area contributed by atoms with Gasteiger partial charge in [-0.25, -0.2) is 4.39 Å². The first kappa shape index (κ1) is 37.7. The maximum Gasteiger partial charge on any atom is 0.267 e. The molecule has 0 radical (unpaired) electrons. The van der Waals surface area contributed by atoms with Crippen LogP contribution in [0.5, 0.6) is 17.2 Å². The molecule has 0 unspecified atom stereocenters. The number of halogens is 4. The number of nitrogens with zero attached hydrogens (tertiary/aromatic N) is 3. The summed E-state index contributed by atoms with van der Waals surface area (Å²) >= 11 is 16.9.